The van der Waals surface area contributed by atoms with E-state index >= 15 is 0 Å². The molecule has 0 saturated carbocycles. The van der Waals surface area contributed by atoms with Crippen LogP contribution in [0.15, 0.2) is 42.1 Å². The summed E-state index contributed by atoms with van der Waals surface area (Å²) in [6.07, 6.45) is 10.7. The average Bonchev–Trinajstić information content (AvgIpc) is 2.82. The maximum absolute atomic E-state index is 14.3. The highest BCUT2D eigenvalue weighted by Gasteiger charge is 2.10. The number of allylic oxidation sites excluding steroid dienone is 2. The molecule has 1 N–H and O–H groups in total. The fourth-order valence-corrected chi connectivity index (χ4v) is 3.18. The molecule has 1 heterocycles. The van der Waals surface area contributed by atoms with Crippen LogP contribution in [-0.4, -0.2) is 4.98 Å². The Bertz CT molecular complexity index is 749. The topological polar surface area (TPSA) is 24.9 Å². The van der Waals surface area contributed by atoms with Crippen molar-refractivity contribution in [3.05, 3.63) is 64.6 Å². The summed E-state index contributed by atoms with van der Waals surface area (Å²) in [7, 11) is 0. The Labute approximate surface area is 143 Å². The van der Waals surface area contributed by atoms with Crippen molar-refractivity contribution in [3.63, 3.8) is 0 Å². The van der Waals surface area contributed by atoms with Gasteiger partial charge in [-0.3, -0.25) is 0 Å². The fraction of sp³-hybridized carbons (Fsp3) is 0.381. The van der Waals surface area contributed by atoms with Gasteiger partial charge in [-0.25, -0.2) is 9.37 Å². The van der Waals surface area contributed by atoms with Gasteiger partial charge in [0.25, 0.3) is 0 Å². The smallest absolute Gasteiger partial charge is 0.130 e. The van der Waals surface area contributed by atoms with Gasteiger partial charge in [0.2, 0.25) is 0 Å². The second-order valence-electron chi connectivity index (χ2n) is 6.64. The van der Waals surface area contributed by atoms with E-state index in [0.717, 1.165) is 29.9 Å². The van der Waals surface area contributed by atoms with Crippen LogP contribution in [0.3, 0.4) is 0 Å². The molecule has 0 radical (unpaired) electrons. The Hall–Kier alpha value is -2.16. The lowest BCUT2D eigenvalue weighted by molar-refractivity contribution is 0.614. The first-order chi connectivity index (χ1) is 11.7. The van der Waals surface area contributed by atoms with Gasteiger partial charge < -0.3 is 5.32 Å². The second-order valence-corrected chi connectivity index (χ2v) is 6.64. The molecule has 0 amide bonds. The molecule has 0 fully saturated rings. The lowest BCUT2D eigenvalue weighted by Crippen LogP contribution is -2.00. The first kappa shape index (κ1) is 16.7. The van der Waals surface area contributed by atoms with Gasteiger partial charge in [0.15, 0.2) is 0 Å². The highest BCUT2D eigenvalue weighted by molar-refractivity contribution is 5.58. The van der Waals surface area contributed by atoms with Crippen LogP contribution in [0.1, 0.15) is 49.8 Å². The SMILES string of the molecule is C/C=C(/C)Cc1ccc(Nc2cc3c(cn2)CCCCC3)cc1F. The minimum atomic E-state index is -0.170. The van der Waals surface area contributed by atoms with E-state index in [1.807, 2.05) is 38.3 Å². The summed E-state index contributed by atoms with van der Waals surface area (Å²) in [5.41, 5.74) is 5.38. The fourth-order valence-electron chi connectivity index (χ4n) is 3.18. The highest BCUT2D eigenvalue weighted by Crippen LogP contribution is 2.25. The summed E-state index contributed by atoms with van der Waals surface area (Å²) in [6, 6.07) is 7.46. The van der Waals surface area contributed by atoms with E-state index in [-0.39, 0.29) is 5.82 Å². The van der Waals surface area contributed by atoms with Gasteiger partial charge in [0.05, 0.1) is 0 Å². The number of rotatable bonds is 4. The van der Waals surface area contributed by atoms with Crippen molar-refractivity contribution in [1.29, 1.82) is 0 Å². The summed E-state index contributed by atoms with van der Waals surface area (Å²) in [6.45, 7) is 4.00. The summed E-state index contributed by atoms with van der Waals surface area (Å²) >= 11 is 0. The molecule has 0 aliphatic heterocycles. The zero-order valence-electron chi connectivity index (χ0n) is 14.5. The van der Waals surface area contributed by atoms with Crippen molar-refractivity contribution in [2.75, 3.05) is 5.32 Å². The first-order valence-electron chi connectivity index (χ1n) is 8.81. The maximum atomic E-state index is 14.3. The molecule has 1 aromatic carbocycles. The van der Waals surface area contributed by atoms with Gasteiger partial charge in [0.1, 0.15) is 11.6 Å². The van der Waals surface area contributed by atoms with Crippen molar-refractivity contribution in [1.82, 2.24) is 4.98 Å². The third kappa shape index (κ3) is 4.02. The van der Waals surface area contributed by atoms with Crippen LogP contribution in [0, 0.1) is 5.82 Å². The molecule has 1 aromatic heterocycles. The number of nitrogens with zero attached hydrogens (tertiary/aromatic N) is 1. The second kappa shape index (κ2) is 7.61. The Morgan fingerprint density at radius 2 is 1.96 bits per heavy atom. The van der Waals surface area contributed by atoms with Gasteiger partial charge in [-0.15, -0.1) is 0 Å². The number of benzene rings is 1. The minimum Gasteiger partial charge on any atom is -0.340 e. The molecule has 0 unspecified atom stereocenters. The standard InChI is InChI=1S/C21H25FN2/c1-3-15(2)11-17-9-10-19(13-20(17)22)24-21-12-16-7-5-4-6-8-18(16)14-23-21/h3,9-10,12-14H,4-8,11H2,1-2H3,(H,23,24)/b15-3-. The predicted octanol–water partition coefficient (Wildman–Crippen LogP) is 5.74. The molecule has 0 spiro atoms. The number of aromatic nitrogens is 1. The van der Waals surface area contributed by atoms with Crippen LogP contribution >= 0.6 is 0 Å². The van der Waals surface area contributed by atoms with Crippen LogP contribution in [0.25, 0.3) is 0 Å². The van der Waals surface area contributed by atoms with E-state index < -0.39 is 0 Å². The maximum Gasteiger partial charge on any atom is 0.130 e. The minimum absolute atomic E-state index is 0.170. The van der Waals surface area contributed by atoms with Crippen molar-refractivity contribution < 1.29 is 4.39 Å². The number of pyridine rings is 1. The number of nitrogens with one attached hydrogen (secondary N) is 1. The van der Waals surface area contributed by atoms with Crippen LogP contribution in [-0.2, 0) is 19.3 Å². The molecule has 3 heteroatoms. The summed E-state index contributed by atoms with van der Waals surface area (Å²) < 4.78 is 14.3. The van der Waals surface area contributed by atoms with Crippen molar-refractivity contribution >= 4 is 11.5 Å². The van der Waals surface area contributed by atoms with Crippen LogP contribution in [0.4, 0.5) is 15.9 Å². The third-order valence-corrected chi connectivity index (χ3v) is 4.76. The van der Waals surface area contributed by atoms with E-state index in [4.69, 9.17) is 0 Å². The van der Waals surface area contributed by atoms with Gasteiger partial charge in [-0.2, -0.15) is 0 Å². The molecular weight excluding hydrogens is 299 g/mol. The van der Waals surface area contributed by atoms with Crippen LogP contribution in [0.2, 0.25) is 0 Å². The Balaban J connectivity index is 1.76. The van der Waals surface area contributed by atoms with Crippen molar-refractivity contribution in [2.24, 2.45) is 0 Å². The predicted molar refractivity (Wildman–Crippen MR) is 98.3 cm³/mol. The van der Waals surface area contributed by atoms with E-state index in [1.54, 1.807) is 6.07 Å². The van der Waals surface area contributed by atoms with E-state index in [1.165, 1.54) is 36.0 Å². The normalized spacial score (nSPS) is 14.9. The summed E-state index contributed by atoms with van der Waals surface area (Å²) in [4.78, 5) is 4.50. The molecule has 0 saturated heterocycles. The third-order valence-electron chi connectivity index (χ3n) is 4.76. The first-order valence-corrected chi connectivity index (χ1v) is 8.81. The highest BCUT2D eigenvalue weighted by atomic mass is 19.1. The zero-order chi connectivity index (χ0) is 16.9. The summed E-state index contributed by atoms with van der Waals surface area (Å²) in [5, 5.41) is 3.24. The van der Waals surface area contributed by atoms with Crippen molar-refractivity contribution in [2.45, 2.75) is 52.4 Å². The van der Waals surface area contributed by atoms with E-state index in [2.05, 4.69) is 16.4 Å². The number of hydrogen-bond donors (Lipinski definition) is 1. The molecule has 2 nitrogen and oxygen atoms in total. The lowest BCUT2D eigenvalue weighted by atomic mass is 10.0. The van der Waals surface area contributed by atoms with Gasteiger partial charge >= 0.3 is 0 Å². The molecule has 0 bridgehead atoms. The Kier molecular flexibility index (Phi) is 5.29. The van der Waals surface area contributed by atoms with Gasteiger partial charge in [-0.1, -0.05) is 24.1 Å². The molecule has 1 aliphatic rings. The number of hydrogen-bond acceptors (Lipinski definition) is 2. The number of anilines is 2. The number of fused-ring (bicyclic) bond motifs is 1. The van der Waals surface area contributed by atoms with Crippen molar-refractivity contribution in [3.8, 4) is 0 Å². The summed E-state index contributed by atoms with van der Waals surface area (Å²) in [5.74, 6) is 0.628. The largest absolute Gasteiger partial charge is 0.340 e. The molecule has 1 aliphatic carbocycles. The average molecular weight is 324 g/mol. The molecule has 126 valence electrons. The molecule has 0 atom stereocenters. The van der Waals surface area contributed by atoms with Gasteiger partial charge in [-0.05, 0) is 80.8 Å². The molecule has 3 rings (SSSR count). The zero-order valence-corrected chi connectivity index (χ0v) is 14.5. The molecule has 24 heavy (non-hydrogen) atoms. The van der Waals surface area contributed by atoms with E-state index in [0.29, 0.717) is 6.42 Å². The number of aryl methyl sites for hydroxylation is 2. The Morgan fingerprint density at radius 3 is 2.71 bits per heavy atom. The molecular formula is C21H25FN2. The van der Waals surface area contributed by atoms with E-state index in [9.17, 15) is 4.39 Å². The Morgan fingerprint density at radius 1 is 1.17 bits per heavy atom. The van der Waals surface area contributed by atoms with Crippen LogP contribution < -0.4 is 5.32 Å². The number of halogens is 1. The molecule has 2 aromatic rings. The quantitative estimate of drug-likeness (QED) is 0.573. The monoisotopic (exact) mass is 324 g/mol. The van der Waals surface area contributed by atoms with Gasteiger partial charge in [0, 0.05) is 11.9 Å². The lowest BCUT2D eigenvalue weighted by Gasteiger charge is -2.11. The van der Waals surface area contributed by atoms with Crippen LogP contribution in [0.5, 0.6) is 0 Å².